The zero-order valence-electron chi connectivity index (χ0n) is 16.0. The summed E-state index contributed by atoms with van der Waals surface area (Å²) in [7, 11) is 0. The van der Waals surface area contributed by atoms with Crippen LogP contribution >= 0.6 is 15.9 Å². The van der Waals surface area contributed by atoms with Crippen LogP contribution in [0.2, 0.25) is 0 Å². The third-order valence-corrected chi connectivity index (χ3v) is 4.50. The quantitative estimate of drug-likeness (QED) is 0.377. The Hall–Kier alpha value is -3.12. The summed E-state index contributed by atoms with van der Waals surface area (Å²) in [5, 5.41) is 4.08. The minimum Gasteiger partial charge on any atom is -0.493 e. The highest BCUT2D eigenvalue weighted by Crippen LogP contribution is 2.20. The van der Waals surface area contributed by atoms with E-state index in [1.807, 2.05) is 61.5 Å². The van der Waals surface area contributed by atoms with Crippen LogP contribution < -0.4 is 14.9 Å². The van der Waals surface area contributed by atoms with Crippen molar-refractivity contribution in [1.82, 2.24) is 5.43 Å². The Bertz CT molecular complexity index is 1000. The van der Waals surface area contributed by atoms with E-state index in [9.17, 15) is 4.79 Å². The van der Waals surface area contributed by atoms with E-state index < -0.39 is 0 Å². The van der Waals surface area contributed by atoms with Crippen molar-refractivity contribution >= 4 is 28.1 Å². The molecule has 0 bridgehead atoms. The molecule has 3 aromatic rings. The van der Waals surface area contributed by atoms with E-state index in [1.54, 1.807) is 24.4 Å². The van der Waals surface area contributed by atoms with Gasteiger partial charge >= 0.3 is 0 Å². The van der Waals surface area contributed by atoms with Crippen molar-refractivity contribution in [3.05, 3.63) is 94.0 Å². The third-order valence-electron chi connectivity index (χ3n) is 4.00. The summed E-state index contributed by atoms with van der Waals surface area (Å²) in [6.45, 7) is 2.78. The highest BCUT2D eigenvalue weighted by molar-refractivity contribution is 9.10. The Balaban J connectivity index is 1.66. The number of hydrogen-bond acceptors (Lipinski definition) is 4. The maximum absolute atomic E-state index is 12.4. The van der Waals surface area contributed by atoms with Crippen LogP contribution in [0.1, 0.15) is 28.4 Å². The maximum Gasteiger partial charge on any atom is 0.275 e. The zero-order valence-corrected chi connectivity index (χ0v) is 17.6. The van der Waals surface area contributed by atoms with Crippen molar-refractivity contribution in [3.63, 3.8) is 0 Å². The van der Waals surface area contributed by atoms with E-state index in [0.717, 1.165) is 15.6 Å². The molecule has 0 aliphatic carbocycles. The minimum atomic E-state index is -0.335. The number of nitrogens with one attached hydrogen (secondary N) is 1. The Morgan fingerprint density at radius 3 is 2.55 bits per heavy atom. The summed E-state index contributed by atoms with van der Waals surface area (Å²) in [5.41, 5.74) is 4.79. The molecule has 0 fully saturated rings. The number of para-hydroxylation sites is 2. The molecule has 1 amide bonds. The molecule has 0 atom stereocenters. The van der Waals surface area contributed by atoms with Crippen molar-refractivity contribution in [2.75, 3.05) is 6.61 Å². The van der Waals surface area contributed by atoms with Gasteiger partial charge in [-0.3, -0.25) is 4.79 Å². The minimum absolute atomic E-state index is 0.335. The number of ether oxygens (including phenoxy) is 2. The van der Waals surface area contributed by atoms with Crippen molar-refractivity contribution in [1.29, 1.82) is 0 Å². The monoisotopic (exact) mass is 452 g/mol. The first-order valence-electron chi connectivity index (χ1n) is 9.19. The molecule has 3 aromatic carbocycles. The lowest BCUT2D eigenvalue weighted by atomic mass is 10.2. The van der Waals surface area contributed by atoms with Crippen molar-refractivity contribution in [3.8, 4) is 11.5 Å². The van der Waals surface area contributed by atoms with Crippen molar-refractivity contribution < 1.29 is 14.3 Å². The van der Waals surface area contributed by atoms with Crippen LogP contribution in [-0.2, 0) is 6.61 Å². The van der Waals surface area contributed by atoms with Gasteiger partial charge in [-0.05, 0) is 48.9 Å². The fourth-order valence-corrected chi connectivity index (χ4v) is 3.11. The van der Waals surface area contributed by atoms with Crippen LogP contribution in [0.4, 0.5) is 0 Å². The second-order valence-electron chi connectivity index (χ2n) is 6.08. The van der Waals surface area contributed by atoms with E-state index in [1.165, 1.54) is 0 Å². The molecule has 0 aromatic heterocycles. The number of halogens is 1. The van der Waals surface area contributed by atoms with E-state index in [2.05, 4.69) is 26.5 Å². The molecule has 1 N–H and O–H groups in total. The van der Waals surface area contributed by atoms with Gasteiger partial charge in [-0.25, -0.2) is 5.43 Å². The van der Waals surface area contributed by atoms with Gasteiger partial charge in [0, 0.05) is 10.0 Å². The molecule has 0 aliphatic heterocycles. The molecule has 0 saturated heterocycles. The number of rotatable bonds is 8. The maximum atomic E-state index is 12.4. The number of hydrogen-bond donors (Lipinski definition) is 1. The molecule has 6 heteroatoms. The van der Waals surface area contributed by atoms with Gasteiger partial charge < -0.3 is 9.47 Å². The van der Waals surface area contributed by atoms with Crippen LogP contribution in [0.15, 0.2) is 82.4 Å². The number of carbonyl (C=O) groups excluding carboxylic acids is 1. The number of benzene rings is 3. The van der Waals surface area contributed by atoms with Gasteiger partial charge in [0.1, 0.15) is 18.1 Å². The number of nitrogens with zero attached hydrogens (tertiary/aromatic N) is 1. The van der Waals surface area contributed by atoms with Crippen molar-refractivity contribution in [2.24, 2.45) is 5.10 Å². The van der Waals surface area contributed by atoms with Gasteiger partial charge in [0.05, 0.1) is 18.4 Å². The lowest BCUT2D eigenvalue weighted by Crippen LogP contribution is -2.18. The summed E-state index contributed by atoms with van der Waals surface area (Å²) in [6, 6.07) is 22.5. The molecule has 148 valence electrons. The molecule has 0 unspecified atom stereocenters. The summed E-state index contributed by atoms with van der Waals surface area (Å²) in [5.74, 6) is 0.874. The van der Waals surface area contributed by atoms with Crippen molar-refractivity contribution in [2.45, 2.75) is 13.5 Å². The Kier molecular flexibility index (Phi) is 7.41. The molecule has 3 rings (SSSR count). The molecule has 0 heterocycles. The molecule has 0 aliphatic rings. The average Bonchev–Trinajstić information content (AvgIpc) is 2.74. The number of amides is 1. The first-order valence-corrected chi connectivity index (χ1v) is 9.98. The lowest BCUT2D eigenvalue weighted by molar-refractivity contribution is 0.0951. The van der Waals surface area contributed by atoms with Crippen LogP contribution in [-0.4, -0.2) is 18.7 Å². The van der Waals surface area contributed by atoms with Gasteiger partial charge in [0.2, 0.25) is 0 Å². The summed E-state index contributed by atoms with van der Waals surface area (Å²) >= 11 is 3.46. The molecular formula is C23H21BrN2O3. The first-order chi connectivity index (χ1) is 14.2. The van der Waals surface area contributed by atoms with Crippen LogP contribution in [0.5, 0.6) is 11.5 Å². The van der Waals surface area contributed by atoms with E-state index in [4.69, 9.17) is 9.47 Å². The van der Waals surface area contributed by atoms with Gasteiger partial charge in [0.15, 0.2) is 0 Å². The fourth-order valence-electron chi connectivity index (χ4n) is 2.66. The molecule has 0 saturated carbocycles. The standard InChI is InChI=1S/C23H21BrN2O3/c1-2-28-22-13-6-4-11-20(22)23(27)26-25-15-18-9-3-5-12-21(18)29-16-17-8-7-10-19(24)14-17/h3-15H,2,16H2,1H3,(H,26,27)/b25-15-. The number of hydrazone groups is 1. The molecule has 5 nitrogen and oxygen atoms in total. The highest BCUT2D eigenvalue weighted by Gasteiger charge is 2.11. The molecule has 0 spiro atoms. The highest BCUT2D eigenvalue weighted by atomic mass is 79.9. The van der Waals surface area contributed by atoms with E-state index in [0.29, 0.717) is 30.3 Å². The molecule has 29 heavy (non-hydrogen) atoms. The topological polar surface area (TPSA) is 59.9 Å². The Morgan fingerprint density at radius 2 is 1.76 bits per heavy atom. The Labute approximate surface area is 178 Å². The van der Waals surface area contributed by atoms with Gasteiger partial charge in [-0.1, -0.05) is 52.3 Å². The largest absolute Gasteiger partial charge is 0.493 e. The Morgan fingerprint density at radius 1 is 1.00 bits per heavy atom. The SMILES string of the molecule is CCOc1ccccc1C(=O)N/N=C\c1ccccc1OCc1cccc(Br)c1. The van der Waals surface area contributed by atoms with Gasteiger partial charge in [0.25, 0.3) is 5.91 Å². The molecule has 0 radical (unpaired) electrons. The lowest BCUT2D eigenvalue weighted by Gasteiger charge is -2.10. The third kappa shape index (κ3) is 5.93. The number of carbonyl (C=O) groups is 1. The van der Waals surface area contributed by atoms with Gasteiger partial charge in [-0.2, -0.15) is 5.10 Å². The summed E-state index contributed by atoms with van der Waals surface area (Å²) in [4.78, 5) is 12.4. The van der Waals surface area contributed by atoms with E-state index in [-0.39, 0.29) is 5.91 Å². The second-order valence-corrected chi connectivity index (χ2v) is 7.00. The van der Waals surface area contributed by atoms with Gasteiger partial charge in [-0.15, -0.1) is 0 Å². The fraction of sp³-hybridized carbons (Fsp3) is 0.130. The van der Waals surface area contributed by atoms with Crippen LogP contribution in [0, 0.1) is 0 Å². The van der Waals surface area contributed by atoms with E-state index >= 15 is 0 Å². The first kappa shape index (κ1) is 20.6. The predicted molar refractivity (Wildman–Crippen MR) is 118 cm³/mol. The summed E-state index contributed by atoms with van der Waals surface area (Å²) < 4.78 is 12.4. The van der Waals surface area contributed by atoms with Crippen LogP contribution in [0.3, 0.4) is 0 Å². The average molecular weight is 453 g/mol. The zero-order chi connectivity index (χ0) is 20.5. The smallest absolute Gasteiger partial charge is 0.275 e. The molecular weight excluding hydrogens is 432 g/mol. The second kappa shape index (κ2) is 10.4. The summed E-state index contributed by atoms with van der Waals surface area (Å²) in [6.07, 6.45) is 1.57. The van der Waals surface area contributed by atoms with Crippen LogP contribution in [0.25, 0.3) is 0 Å². The predicted octanol–water partition coefficient (Wildman–Crippen LogP) is 5.19. The normalized spacial score (nSPS) is 10.7.